The molecule has 0 bridgehead atoms. The van der Waals surface area contributed by atoms with Gasteiger partial charge in [-0.25, -0.2) is 0 Å². The van der Waals surface area contributed by atoms with Crippen molar-refractivity contribution in [1.82, 2.24) is 5.32 Å². The van der Waals surface area contributed by atoms with Crippen molar-refractivity contribution < 1.29 is 4.79 Å². The third-order valence-corrected chi connectivity index (χ3v) is 11.1. The van der Waals surface area contributed by atoms with Crippen LogP contribution in [0.5, 0.6) is 0 Å². The number of nitrogens with two attached hydrogens (primary N) is 1. The summed E-state index contributed by atoms with van der Waals surface area (Å²) >= 11 is 0. The molecule has 1 aromatic carbocycles. The van der Waals surface area contributed by atoms with E-state index >= 15 is 0 Å². The van der Waals surface area contributed by atoms with Gasteiger partial charge in [-0.05, 0) is 93.1 Å². The van der Waals surface area contributed by atoms with Gasteiger partial charge >= 0.3 is 0 Å². The summed E-state index contributed by atoms with van der Waals surface area (Å²) in [6.45, 7) is 0.805. The smallest absolute Gasteiger partial charge is 0.227 e. The molecular formula is C27H36N2O. The Hall–Kier alpha value is -1.35. The predicted octanol–water partition coefficient (Wildman–Crippen LogP) is 4.40. The Balaban J connectivity index is 1.14. The van der Waals surface area contributed by atoms with Crippen LogP contribution in [0.1, 0.15) is 69.8 Å². The van der Waals surface area contributed by atoms with Crippen LogP contribution < -0.4 is 11.1 Å². The zero-order chi connectivity index (χ0) is 20.1. The lowest BCUT2D eigenvalue weighted by Gasteiger charge is -2.97. The Kier molecular flexibility index (Phi) is 3.59. The number of carbonyl (C=O) groups excluding carboxylic acids is 1. The Labute approximate surface area is 180 Å². The van der Waals surface area contributed by atoms with Crippen molar-refractivity contribution in [3.05, 3.63) is 35.9 Å². The quantitative estimate of drug-likeness (QED) is 0.738. The van der Waals surface area contributed by atoms with Gasteiger partial charge in [0.15, 0.2) is 0 Å². The third-order valence-electron chi connectivity index (χ3n) is 11.1. The molecule has 0 aliphatic heterocycles. The summed E-state index contributed by atoms with van der Waals surface area (Å²) < 4.78 is 0. The van der Waals surface area contributed by atoms with Gasteiger partial charge < -0.3 is 11.1 Å². The normalized spacial score (nSPS) is 50.0. The summed E-state index contributed by atoms with van der Waals surface area (Å²) in [6, 6.07) is 11.6. The molecule has 3 heteroatoms. The highest BCUT2D eigenvalue weighted by Gasteiger charge is 2.97. The van der Waals surface area contributed by atoms with Crippen molar-refractivity contribution in [3.8, 4) is 0 Å². The fourth-order valence-electron chi connectivity index (χ4n) is 9.80. The SMILES string of the molecule is NCC1CCC(NC(=O)C23CC4C(CC5CC5)C5CC(c6ccccc6)(C2)C453)CC1. The Bertz CT molecular complexity index is 864. The van der Waals surface area contributed by atoms with Crippen molar-refractivity contribution >= 4 is 5.91 Å². The molecule has 6 aliphatic carbocycles. The fourth-order valence-corrected chi connectivity index (χ4v) is 9.80. The van der Waals surface area contributed by atoms with Gasteiger partial charge in [0.05, 0.1) is 5.41 Å². The zero-order valence-corrected chi connectivity index (χ0v) is 18.1. The highest BCUT2D eigenvalue weighted by molar-refractivity contribution is 5.90. The fraction of sp³-hybridized carbons (Fsp3) is 0.741. The number of hydrogen-bond acceptors (Lipinski definition) is 2. The summed E-state index contributed by atoms with van der Waals surface area (Å²) in [4.78, 5) is 13.8. The predicted molar refractivity (Wildman–Crippen MR) is 118 cm³/mol. The monoisotopic (exact) mass is 404 g/mol. The van der Waals surface area contributed by atoms with E-state index in [1.165, 1.54) is 50.5 Å². The first kappa shape index (κ1) is 18.2. The molecule has 1 spiro atoms. The number of carbonyl (C=O) groups is 1. The van der Waals surface area contributed by atoms with E-state index in [0.29, 0.717) is 28.7 Å². The van der Waals surface area contributed by atoms with E-state index in [4.69, 9.17) is 5.73 Å². The van der Waals surface area contributed by atoms with E-state index in [1.807, 2.05) is 0 Å². The van der Waals surface area contributed by atoms with E-state index in [0.717, 1.165) is 49.5 Å². The number of amides is 1. The van der Waals surface area contributed by atoms with Gasteiger partial charge in [0.1, 0.15) is 0 Å². The second-order valence-corrected chi connectivity index (χ2v) is 12.0. The zero-order valence-electron chi connectivity index (χ0n) is 18.1. The first-order valence-electron chi connectivity index (χ1n) is 12.7. The Morgan fingerprint density at radius 3 is 2.33 bits per heavy atom. The van der Waals surface area contributed by atoms with Crippen LogP contribution in [0, 0.1) is 40.4 Å². The molecule has 160 valence electrons. The molecule has 7 rings (SSSR count). The largest absolute Gasteiger partial charge is 0.353 e. The Morgan fingerprint density at radius 2 is 1.67 bits per heavy atom. The van der Waals surface area contributed by atoms with E-state index in [-0.39, 0.29) is 5.41 Å². The molecule has 6 unspecified atom stereocenters. The molecule has 30 heavy (non-hydrogen) atoms. The molecule has 0 radical (unpaired) electrons. The van der Waals surface area contributed by atoms with E-state index in [2.05, 4.69) is 35.6 Å². The summed E-state index contributed by atoms with van der Waals surface area (Å²) in [5.74, 6) is 4.68. The highest BCUT2D eigenvalue weighted by Crippen LogP contribution is 2.99. The topological polar surface area (TPSA) is 55.1 Å². The van der Waals surface area contributed by atoms with Crippen LogP contribution >= 0.6 is 0 Å². The van der Waals surface area contributed by atoms with Crippen LogP contribution in [0.4, 0.5) is 0 Å². The van der Waals surface area contributed by atoms with Gasteiger partial charge in [0, 0.05) is 16.9 Å². The minimum absolute atomic E-state index is 0.0405. The summed E-state index contributed by atoms with van der Waals surface area (Å²) in [5, 5.41) is 3.57. The van der Waals surface area contributed by atoms with Crippen LogP contribution in [0.2, 0.25) is 0 Å². The van der Waals surface area contributed by atoms with Crippen molar-refractivity contribution in [2.75, 3.05) is 6.54 Å². The molecule has 1 amide bonds. The molecule has 6 saturated carbocycles. The van der Waals surface area contributed by atoms with Crippen LogP contribution in [0.15, 0.2) is 30.3 Å². The van der Waals surface area contributed by atoms with Crippen LogP contribution in [0.3, 0.4) is 0 Å². The van der Waals surface area contributed by atoms with Gasteiger partial charge in [-0.1, -0.05) is 43.2 Å². The minimum Gasteiger partial charge on any atom is -0.353 e. The van der Waals surface area contributed by atoms with Crippen LogP contribution in [0.25, 0.3) is 0 Å². The van der Waals surface area contributed by atoms with Gasteiger partial charge in [0.2, 0.25) is 5.91 Å². The summed E-state index contributed by atoms with van der Waals surface area (Å²) in [6.07, 6.45) is 12.6. The van der Waals surface area contributed by atoms with Crippen LogP contribution in [-0.4, -0.2) is 18.5 Å². The maximum atomic E-state index is 13.8. The second-order valence-electron chi connectivity index (χ2n) is 12.0. The molecule has 3 N–H and O–H groups in total. The lowest BCUT2D eigenvalue weighted by molar-refractivity contribution is -0.458. The molecule has 0 saturated heterocycles. The lowest BCUT2D eigenvalue weighted by atomic mass is 9.05. The highest BCUT2D eigenvalue weighted by atomic mass is 16.2. The lowest BCUT2D eigenvalue weighted by Crippen LogP contribution is -2.96. The standard InChI is InChI=1S/C27H36N2O/c28-15-18-8-10-20(11-9-18)29-24(30)26-14-23-21(12-17-6-7-17)22-13-25(16-26,27(22,23)26)19-4-2-1-3-5-19/h1-5,17-18,20-23H,6-16,28H2,(H,29,30). The summed E-state index contributed by atoms with van der Waals surface area (Å²) in [5.41, 5.74) is 8.00. The molecule has 0 heterocycles. The summed E-state index contributed by atoms with van der Waals surface area (Å²) in [7, 11) is 0. The van der Waals surface area contributed by atoms with Gasteiger partial charge in [-0.2, -0.15) is 0 Å². The van der Waals surface area contributed by atoms with Gasteiger partial charge in [-0.3, -0.25) is 4.79 Å². The molecule has 6 atom stereocenters. The number of rotatable bonds is 6. The molecule has 3 nitrogen and oxygen atoms in total. The average molecular weight is 405 g/mol. The minimum atomic E-state index is -0.0405. The van der Waals surface area contributed by atoms with Gasteiger partial charge in [-0.15, -0.1) is 0 Å². The van der Waals surface area contributed by atoms with Crippen molar-refractivity contribution in [2.24, 2.45) is 46.2 Å². The molecule has 6 aliphatic rings. The first-order chi connectivity index (χ1) is 14.6. The molecule has 1 aromatic rings. The second kappa shape index (κ2) is 5.91. The third kappa shape index (κ3) is 1.92. The van der Waals surface area contributed by atoms with Crippen molar-refractivity contribution in [1.29, 1.82) is 0 Å². The number of hydrogen-bond donors (Lipinski definition) is 2. The van der Waals surface area contributed by atoms with Crippen LogP contribution in [-0.2, 0) is 10.2 Å². The Morgan fingerprint density at radius 1 is 0.967 bits per heavy atom. The van der Waals surface area contributed by atoms with E-state index in [1.54, 1.807) is 0 Å². The number of nitrogens with one attached hydrogen (secondary N) is 1. The molecule has 0 aromatic heterocycles. The van der Waals surface area contributed by atoms with E-state index < -0.39 is 0 Å². The molecule has 6 fully saturated rings. The van der Waals surface area contributed by atoms with Gasteiger partial charge in [0.25, 0.3) is 0 Å². The first-order valence-corrected chi connectivity index (χ1v) is 12.7. The van der Waals surface area contributed by atoms with E-state index in [9.17, 15) is 4.79 Å². The van der Waals surface area contributed by atoms with Crippen molar-refractivity contribution in [2.45, 2.75) is 75.7 Å². The molecular weight excluding hydrogens is 368 g/mol. The number of benzene rings is 1. The average Bonchev–Trinajstić information content (AvgIpc) is 3.55. The maximum Gasteiger partial charge on any atom is 0.227 e. The maximum absolute atomic E-state index is 13.8. The van der Waals surface area contributed by atoms with Crippen molar-refractivity contribution in [3.63, 3.8) is 0 Å².